The number of hydrogen-bond donors (Lipinski definition) is 0. The van der Waals surface area contributed by atoms with E-state index in [9.17, 15) is 4.79 Å². The molecule has 1 fully saturated rings. The second kappa shape index (κ2) is 5.54. The van der Waals surface area contributed by atoms with Crippen LogP contribution in [0.2, 0.25) is 0 Å². The van der Waals surface area contributed by atoms with Crippen LogP contribution in [0.1, 0.15) is 28.8 Å². The predicted molar refractivity (Wildman–Crippen MR) is 88.5 cm³/mol. The number of carbonyl (C=O) groups excluding carboxylic acids is 1. The zero-order valence-electron chi connectivity index (χ0n) is 12.9. The quantitative estimate of drug-likeness (QED) is 0.742. The summed E-state index contributed by atoms with van der Waals surface area (Å²) in [6.07, 6.45) is 3.95. The molecule has 1 aliphatic carbocycles. The highest BCUT2D eigenvalue weighted by atomic mass is 16.5. The van der Waals surface area contributed by atoms with Gasteiger partial charge in [-0.1, -0.05) is 30.8 Å². The van der Waals surface area contributed by atoms with Crippen molar-refractivity contribution in [2.75, 3.05) is 19.7 Å². The molecule has 0 saturated carbocycles. The average Bonchev–Trinajstić information content (AvgIpc) is 3.11. The lowest BCUT2D eigenvalue weighted by molar-refractivity contribution is 0.104. The van der Waals surface area contributed by atoms with Crippen molar-refractivity contribution in [3.05, 3.63) is 59.9 Å². The minimum atomic E-state index is 0.0291. The molecule has 1 aliphatic heterocycles. The van der Waals surface area contributed by atoms with Gasteiger partial charge in [0.25, 0.3) is 0 Å². The lowest BCUT2D eigenvalue weighted by Gasteiger charge is -2.19. The van der Waals surface area contributed by atoms with Crippen molar-refractivity contribution in [3.63, 3.8) is 0 Å². The predicted octanol–water partition coefficient (Wildman–Crippen LogP) is 3.28. The zero-order valence-corrected chi connectivity index (χ0v) is 12.9. The lowest BCUT2D eigenvalue weighted by atomic mass is 10.1. The molecular weight excluding hydrogens is 288 g/mol. The highest BCUT2D eigenvalue weighted by Gasteiger charge is 2.27. The summed E-state index contributed by atoms with van der Waals surface area (Å²) < 4.78 is 5.79. The van der Waals surface area contributed by atoms with Crippen LogP contribution >= 0.6 is 0 Å². The zero-order chi connectivity index (χ0) is 15.8. The minimum absolute atomic E-state index is 0.0291. The third kappa shape index (κ3) is 2.40. The Morgan fingerprint density at radius 3 is 2.83 bits per heavy atom. The molecule has 1 aromatic carbocycles. The molecule has 4 rings (SSSR count). The smallest absolute Gasteiger partial charge is 0.196 e. The summed E-state index contributed by atoms with van der Waals surface area (Å²) in [7, 11) is 0. The first-order valence-electron chi connectivity index (χ1n) is 7.94. The summed E-state index contributed by atoms with van der Waals surface area (Å²) >= 11 is 0. The fraction of sp³-hybridized carbons (Fsp3) is 0.263. The van der Waals surface area contributed by atoms with Crippen LogP contribution in [-0.4, -0.2) is 35.4 Å². The van der Waals surface area contributed by atoms with Crippen LogP contribution in [-0.2, 0) is 0 Å². The van der Waals surface area contributed by atoms with Crippen molar-refractivity contribution in [1.82, 2.24) is 9.88 Å². The topological polar surface area (TPSA) is 42.4 Å². The molecule has 0 spiro atoms. The third-order valence-corrected chi connectivity index (χ3v) is 4.50. The van der Waals surface area contributed by atoms with Crippen LogP contribution in [0.3, 0.4) is 0 Å². The molecule has 2 heterocycles. The Labute approximate surface area is 135 Å². The first kappa shape index (κ1) is 14.0. The molecule has 0 radical (unpaired) electrons. The van der Waals surface area contributed by atoms with E-state index in [2.05, 4.69) is 16.5 Å². The molecule has 0 N–H and O–H groups in total. The van der Waals surface area contributed by atoms with Gasteiger partial charge >= 0.3 is 0 Å². The van der Waals surface area contributed by atoms with E-state index in [0.717, 1.165) is 36.3 Å². The van der Waals surface area contributed by atoms with Gasteiger partial charge in [0.2, 0.25) is 0 Å². The largest absolute Gasteiger partial charge is 0.490 e. The number of aromatic nitrogens is 1. The second-order valence-corrected chi connectivity index (χ2v) is 5.95. The van der Waals surface area contributed by atoms with Gasteiger partial charge in [0, 0.05) is 23.4 Å². The number of ether oxygens (including phenoxy) is 1. The molecular formula is C19H18N2O2. The van der Waals surface area contributed by atoms with Crippen molar-refractivity contribution in [1.29, 1.82) is 0 Å². The number of fused-ring (bicyclic) bond motifs is 3. The summed E-state index contributed by atoms with van der Waals surface area (Å²) in [5.41, 5.74) is 4.21. The van der Waals surface area contributed by atoms with Crippen molar-refractivity contribution >= 4 is 5.78 Å². The van der Waals surface area contributed by atoms with Gasteiger partial charge in [-0.05, 0) is 18.9 Å². The number of carbonyl (C=O) groups is 1. The molecule has 4 heteroatoms. The number of likely N-dealkylation sites (tertiary alicyclic amines) is 1. The SMILES string of the molecule is C=C1CCCN1CCOc1cnc2c(c1)C(=O)c1ccccc1-2. The van der Waals surface area contributed by atoms with Crippen molar-refractivity contribution < 1.29 is 9.53 Å². The number of nitrogens with zero attached hydrogens (tertiary/aromatic N) is 2. The van der Waals surface area contributed by atoms with Gasteiger partial charge in [-0.25, -0.2) is 0 Å². The third-order valence-electron chi connectivity index (χ3n) is 4.50. The Morgan fingerprint density at radius 2 is 2.04 bits per heavy atom. The average molecular weight is 306 g/mol. The summed E-state index contributed by atoms with van der Waals surface area (Å²) in [5, 5.41) is 0. The Hall–Kier alpha value is -2.62. The van der Waals surface area contributed by atoms with Gasteiger partial charge in [-0.2, -0.15) is 0 Å². The summed E-state index contributed by atoms with van der Waals surface area (Å²) in [4.78, 5) is 19.1. The fourth-order valence-corrected chi connectivity index (χ4v) is 3.28. The summed E-state index contributed by atoms with van der Waals surface area (Å²) in [6.45, 7) is 6.50. The fourth-order valence-electron chi connectivity index (χ4n) is 3.28. The van der Waals surface area contributed by atoms with Crippen LogP contribution in [0, 0.1) is 0 Å². The van der Waals surface area contributed by atoms with Gasteiger partial charge in [0.15, 0.2) is 5.78 Å². The van der Waals surface area contributed by atoms with Gasteiger partial charge in [-0.3, -0.25) is 9.78 Å². The molecule has 1 aromatic heterocycles. The van der Waals surface area contributed by atoms with E-state index in [4.69, 9.17) is 4.74 Å². The normalized spacial score (nSPS) is 15.7. The van der Waals surface area contributed by atoms with Crippen molar-refractivity contribution in [2.45, 2.75) is 12.8 Å². The monoisotopic (exact) mass is 306 g/mol. The molecule has 0 atom stereocenters. The van der Waals surface area contributed by atoms with Crippen LogP contribution < -0.4 is 4.74 Å². The summed E-state index contributed by atoms with van der Waals surface area (Å²) in [5.74, 6) is 0.677. The first-order valence-corrected chi connectivity index (χ1v) is 7.94. The minimum Gasteiger partial charge on any atom is -0.490 e. The molecule has 4 nitrogen and oxygen atoms in total. The van der Waals surface area contributed by atoms with Gasteiger partial charge < -0.3 is 9.64 Å². The number of allylic oxidation sites excluding steroid dienone is 1. The van der Waals surface area contributed by atoms with E-state index in [1.807, 2.05) is 30.3 Å². The highest BCUT2D eigenvalue weighted by molar-refractivity contribution is 6.21. The molecule has 1 saturated heterocycles. The Balaban J connectivity index is 1.48. The molecule has 2 aromatic rings. The number of rotatable bonds is 4. The van der Waals surface area contributed by atoms with E-state index in [1.165, 1.54) is 12.1 Å². The van der Waals surface area contributed by atoms with E-state index >= 15 is 0 Å². The molecule has 116 valence electrons. The molecule has 0 bridgehead atoms. The first-order chi connectivity index (χ1) is 11.2. The van der Waals surface area contributed by atoms with E-state index < -0.39 is 0 Å². The van der Waals surface area contributed by atoms with E-state index in [1.54, 1.807) is 6.20 Å². The van der Waals surface area contributed by atoms with E-state index in [0.29, 0.717) is 17.9 Å². The standard InChI is InChI=1S/C19H18N2O2/c1-13-5-4-8-21(13)9-10-23-14-11-17-18(20-12-14)15-6-2-3-7-16(15)19(17)22/h2-3,6-7,11-12H,1,4-5,8-10H2. The Kier molecular flexibility index (Phi) is 3.37. The molecule has 0 amide bonds. The van der Waals surface area contributed by atoms with E-state index in [-0.39, 0.29) is 5.78 Å². The van der Waals surface area contributed by atoms with Gasteiger partial charge in [-0.15, -0.1) is 0 Å². The van der Waals surface area contributed by atoms with Gasteiger partial charge in [0.05, 0.1) is 24.0 Å². The van der Waals surface area contributed by atoms with Gasteiger partial charge in [0.1, 0.15) is 12.4 Å². The number of ketones is 1. The van der Waals surface area contributed by atoms with Crippen LogP contribution in [0.5, 0.6) is 5.75 Å². The second-order valence-electron chi connectivity index (χ2n) is 5.95. The maximum absolute atomic E-state index is 12.5. The molecule has 2 aliphatic rings. The summed E-state index contributed by atoms with van der Waals surface area (Å²) in [6, 6.07) is 9.40. The maximum atomic E-state index is 12.5. The van der Waals surface area contributed by atoms with Crippen LogP contribution in [0.15, 0.2) is 48.8 Å². The number of pyridine rings is 1. The molecule has 23 heavy (non-hydrogen) atoms. The van der Waals surface area contributed by atoms with Crippen molar-refractivity contribution in [3.8, 4) is 17.0 Å². The van der Waals surface area contributed by atoms with Crippen molar-refractivity contribution in [2.24, 2.45) is 0 Å². The molecule has 0 unspecified atom stereocenters. The van der Waals surface area contributed by atoms with Crippen LogP contribution in [0.25, 0.3) is 11.3 Å². The Morgan fingerprint density at radius 1 is 1.22 bits per heavy atom. The maximum Gasteiger partial charge on any atom is 0.196 e. The Bertz CT molecular complexity index is 798. The highest BCUT2D eigenvalue weighted by Crippen LogP contribution is 2.36. The lowest BCUT2D eigenvalue weighted by Crippen LogP contribution is -2.23. The number of hydrogen-bond acceptors (Lipinski definition) is 4. The van der Waals surface area contributed by atoms with Crippen LogP contribution in [0.4, 0.5) is 0 Å². The number of benzene rings is 1.